The highest BCUT2D eigenvalue weighted by atomic mass is 19.4. The first-order valence-electron chi connectivity index (χ1n) is 9.02. The van der Waals surface area contributed by atoms with Gasteiger partial charge in [-0.05, 0) is 31.7 Å². The van der Waals surface area contributed by atoms with Crippen LogP contribution in [-0.4, -0.2) is 53.0 Å². The maximum absolute atomic E-state index is 13.1. The van der Waals surface area contributed by atoms with E-state index in [2.05, 4.69) is 4.90 Å². The van der Waals surface area contributed by atoms with E-state index in [-0.39, 0.29) is 10.9 Å². The number of rotatable bonds is 3. The second kappa shape index (κ2) is 7.34. The van der Waals surface area contributed by atoms with Crippen molar-refractivity contribution in [1.82, 2.24) is 14.4 Å². The van der Waals surface area contributed by atoms with E-state index >= 15 is 0 Å². The summed E-state index contributed by atoms with van der Waals surface area (Å²) in [5.41, 5.74) is -1.23. The summed E-state index contributed by atoms with van der Waals surface area (Å²) < 4.78 is 40.8. The lowest BCUT2D eigenvalue weighted by atomic mass is 10.1. The third-order valence-corrected chi connectivity index (χ3v) is 5.09. The normalized spacial score (nSPS) is 16.1. The van der Waals surface area contributed by atoms with Gasteiger partial charge in [0.05, 0.1) is 11.1 Å². The lowest BCUT2D eigenvalue weighted by molar-refractivity contribution is -0.137. The maximum Gasteiger partial charge on any atom is 0.416 e. The van der Waals surface area contributed by atoms with Crippen LogP contribution in [0.4, 0.5) is 13.2 Å². The Labute approximate surface area is 155 Å². The molecule has 146 valence electrons. The van der Waals surface area contributed by atoms with Crippen LogP contribution in [-0.2, 0) is 12.7 Å². The number of aryl methyl sites for hydroxylation is 1. The van der Waals surface area contributed by atoms with Crippen LogP contribution in [0.15, 0.2) is 29.2 Å². The van der Waals surface area contributed by atoms with Gasteiger partial charge in [0.1, 0.15) is 5.56 Å². The Kier molecular flexibility index (Phi) is 5.28. The number of carbonyl (C=O) groups excluding carboxylic acids is 1. The SMILES string of the molecule is CCN1CCN(C(=O)c2cn(CC)c3ccc(C(F)(F)F)cc3c2=O)CC1. The van der Waals surface area contributed by atoms with E-state index < -0.39 is 23.1 Å². The molecule has 1 saturated heterocycles. The predicted octanol–water partition coefficient (Wildman–Crippen LogP) is 2.82. The topological polar surface area (TPSA) is 45.5 Å². The van der Waals surface area contributed by atoms with Gasteiger partial charge in [-0.15, -0.1) is 0 Å². The highest BCUT2D eigenvalue weighted by Gasteiger charge is 2.31. The van der Waals surface area contributed by atoms with E-state index in [0.29, 0.717) is 25.2 Å². The minimum absolute atomic E-state index is 0.0753. The summed E-state index contributed by atoms with van der Waals surface area (Å²) in [5, 5.41) is -0.0790. The Balaban J connectivity index is 2.06. The number of alkyl halides is 3. The highest BCUT2D eigenvalue weighted by Crippen LogP contribution is 2.30. The van der Waals surface area contributed by atoms with E-state index in [1.54, 1.807) is 9.47 Å². The number of halogens is 3. The minimum Gasteiger partial charge on any atom is -0.347 e. The molecule has 1 amide bonds. The molecule has 27 heavy (non-hydrogen) atoms. The minimum atomic E-state index is -4.55. The van der Waals surface area contributed by atoms with Crippen molar-refractivity contribution in [1.29, 1.82) is 0 Å². The van der Waals surface area contributed by atoms with Crippen molar-refractivity contribution in [3.63, 3.8) is 0 Å². The summed E-state index contributed by atoms with van der Waals surface area (Å²) in [7, 11) is 0. The number of aromatic nitrogens is 1. The van der Waals surface area contributed by atoms with E-state index in [0.717, 1.165) is 31.8 Å². The Bertz CT molecular complexity index is 913. The molecule has 0 saturated carbocycles. The van der Waals surface area contributed by atoms with Crippen molar-refractivity contribution in [2.24, 2.45) is 0 Å². The van der Waals surface area contributed by atoms with E-state index in [9.17, 15) is 22.8 Å². The van der Waals surface area contributed by atoms with Crippen LogP contribution in [0, 0.1) is 0 Å². The molecule has 8 heteroatoms. The number of pyridine rings is 1. The summed E-state index contributed by atoms with van der Waals surface area (Å²) in [6.07, 6.45) is -3.08. The van der Waals surface area contributed by atoms with Gasteiger partial charge in [0.25, 0.3) is 5.91 Å². The molecular weight excluding hydrogens is 359 g/mol. The highest BCUT2D eigenvalue weighted by molar-refractivity contribution is 5.97. The number of hydrogen-bond donors (Lipinski definition) is 0. The van der Waals surface area contributed by atoms with Crippen LogP contribution in [0.3, 0.4) is 0 Å². The summed E-state index contributed by atoms with van der Waals surface area (Å²) >= 11 is 0. The van der Waals surface area contributed by atoms with Crippen molar-refractivity contribution in [3.8, 4) is 0 Å². The molecule has 5 nitrogen and oxygen atoms in total. The van der Waals surface area contributed by atoms with Crippen molar-refractivity contribution in [2.75, 3.05) is 32.7 Å². The molecule has 0 aliphatic carbocycles. The number of piperazine rings is 1. The van der Waals surface area contributed by atoms with Gasteiger partial charge in [0.2, 0.25) is 5.43 Å². The van der Waals surface area contributed by atoms with Crippen molar-refractivity contribution in [2.45, 2.75) is 26.6 Å². The van der Waals surface area contributed by atoms with Crippen LogP contribution in [0.2, 0.25) is 0 Å². The molecule has 0 N–H and O–H groups in total. The molecule has 0 radical (unpaired) electrons. The predicted molar refractivity (Wildman–Crippen MR) is 96.9 cm³/mol. The zero-order chi connectivity index (χ0) is 19.8. The molecule has 2 aromatic rings. The van der Waals surface area contributed by atoms with Gasteiger partial charge < -0.3 is 14.4 Å². The van der Waals surface area contributed by atoms with Crippen LogP contribution >= 0.6 is 0 Å². The molecule has 1 aliphatic rings. The number of hydrogen-bond acceptors (Lipinski definition) is 3. The molecule has 3 rings (SSSR count). The van der Waals surface area contributed by atoms with Crippen LogP contribution in [0.25, 0.3) is 10.9 Å². The van der Waals surface area contributed by atoms with Crippen molar-refractivity contribution < 1.29 is 18.0 Å². The first kappa shape index (κ1) is 19.4. The third-order valence-electron chi connectivity index (χ3n) is 5.09. The molecular formula is C19H22F3N3O2. The molecule has 0 unspecified atom stereocenters. The Morgan fingerprint density at radius 2 is 1.74 bits per heavy atom. The Morgan fingerprint density at radius 1 is 1.07 bits per heavy atom. The molecule has 0 bridgehead atoms. The zero-order valence-electron chi connectivity index (χ0n) is 15.3. The van der Waals surface area contributed by atoms with Gasteiger partial charge in [-0.1, -0.05) is 6.92 Å². The molecule has 1 fully saturated rings. The number of nitrogens with zero attached hydrogens (tertiary/aromatic N) is 3. The van der Waals surface area contributed by atoms with Gasteiger partial charge >= 0.3 is 6.18 Å². The van der Waals surface area contributed by atoms with Gasteiger partial charge in [-0.2, -0.15) is 13.2 Å². The van der Waals surface area contributed by atoms with Crippen molar-refractivity contribution >= 4 is 16.8 Å². The number of likely N-dealkylation sites (N-methyl/N-ethyl adjacent to an activating group) is 1. The molecule has 1 aliphatic heterocycles. The summed E-state index contributed by atoms with van der Waals surface area (Å²) in [6, 6.07) is 3.09. The molecule has 1 aromatic heterocycles. The monoisotopic (exact) mass is 381 g/mol. The largest absolute Gasteiger partial charge is 0.416 e. The summed E-state index contributed by atoms with van der Waals surface area (Å²) in [6.45, 7) is 7.62. The second-order valence-electron chi connectivity index (χ2n) is 6.61. The van der Waals surface area contributed by atoms with Gasteiger partial charge in [-0.3, -0.25) is 9.59 Å². The van der Waals surface area contributed by atoms with Gasteiger partial charge in [0.15, 0.2) is 0 Å². The van der Waals surface area contributed by atoms with E-state index in [1.807, 2.05) is 13.8 Å². The van der Waals surface area contributed by atoms with Crippen LogP contribution in [0.1, 0.15) is 29.8 Å². The lowest BCUT2D eigenvalue weighted by Gasteiger charge is -2.34. The molecule has 2 heterocycles. The number of benzene rings is 1. The summed E-state index contributed by atoms with van der Waals surface area (Å²) in [4.78, 5) is 29.5. The standard InChI is InChI=1S/C19H22F3N3O2/c1-3-23-7-9-25(10-8-23)18(27)15-12-24(4-2)16-6-5-13(19(20,21)22)11-14(16)17(15)26/h5-6,11-12H,3-4,7-10H2,1-2H3. The van der Waals surface area contributed by atoms with E-state index in [4.69, 9.17) is 0 Å². The van der Waals surface area contributed by atoms with Gasteiger partial charge in [0, 0.05) is 44.3 Å². The van der Waals surface area contributed by atoms with Crippen LogP contribution in [0.5, 0.6) is 0 Å². The Morgan fingerprint density at radius 3 is 2.30 bits per heavy atom. The zero-order valence-corrected chi connectivity index (χ0v) is 15.3. The number of fused-ring (bicyclic) bond motifs is 1. The maximum atomic E-state index is 13.1. The first-order chi connectivity index (χ1) is 12.8. The van der Waals surface area contributed by atoms with Crippen LogP contribution < -0.4 is 5.43 Å². The Hall–Kier alpha value is -2.35. The summed E-state index contributed by atoms with van der Waals surface area (Å²) in [5.74, 6) is -0.419. The number of amides is 1. The molecule has 0 spiro atoms. The van der Waals surface area contributed by atoms with E-state index in [1.165, 1.54) is 12.3 Å². The lowest BCUT2D eigenvalue weighted by Crippen LogP contribution is -2.49. The number of carbonyl (C=O) groups is 1. The average Bonchev–Trinajstić information content (AvgIpc) is 2.67. The molecule has 0 atom stereocenters. The average molecular weight is 381 g/mol. The quantitative estimate of drug-likeness (QED) is 0.821. The third kappa shape index (κ3) is 3.71. The fraction of sp³-hybridized carbons (Fsp3) is 0.474. The molecule has 1 aromatic carbocycles. The second-order valence-corrected chi connectivity index (χ2v) is 6.61. The fourth-order valence-electron chi connectivity index (χ4n) is 3.43. The van der Waals surface area contributed by atoms with Gasteiger partial charge in [-0.25, -0.2) is 0 Å². The smallest absolute Gasteiger partial charge is 0.347 e. The first-order valence-corrected chi connectivity index (χ1v) is 9.02. The van der Waals surface area contributed by atoms with Crippen molar-refractivity contribution in [3.05, 3.63) is 45.7 Å². The fourth-order valence-corrected chi connectivity index (χ4v) is 3.43.